The van der Waals surface area contributed by atoms with Gasteiger partial charge in [0.15, 0.2) is 0 Å². The number of aromatic nitrogens is 2. The average molecular weight is 362 g/mol. The van der Waals surface area contributed by atoms with Crippen molar-refractivity contribution in [3.05, 3.63) is 44.7 Å². The number of hydrogen-bond acceptors (Lipinski definition) is 2. The first kappa shape index (κ1) is 12.9. The molecule has 0 bridgehead atoms. The maximum absolute atomic E-state index is 6.20. The lowest BCUT2D eigenvalue weighted by molar-refractivity contribution is 0.696. The highest BCUT2D eigenvalue weighted by atomic mass is 127. The second kappa shape index (κ2) is 5.84. The molecule has 0 spiro atoms. The summed E-state index contributed by atoms with van der Waals surface area (Å²) in [6, 6.07) is 7.93. The lowest BCUT2D eigenvalue weighted by Crippen LogP contribution is -2.12. The molecule has 2 aromatic rings. The third kappa shape index (κ3) is 3.20. The summed E-state index contributed by atoms with van der Waals surface area (Å²) in [6.45, 7) is 3.80. The van der Waals surface area contributed by atoms with Crippen LogP contribution in [0, 0.1) is 3.57 Å². The van der Waals surface area contributed by atoms with Gasteiger partial charge in [0.1, 0.15) is 0 Å². The lowest BCUT2D eigenvalue weighted by Gasteiger charge is -2.04. The summed E-state index contributed by atoms with van der Waals surface area (Å²) >= 11 is 8.44. The normalized spacial score (nSPS) is 10.8. The van der Waals surface area contributed by atoms with Gasteiger partial charge in [0.2, 0.25) is 0 Å². The SMILES string of the molecule is CCNCc1ccn(-c2ccc(I)cc2Cl)n1. The molecular weight excluding hydrogens is 349 g/mol. The van der Waals surface area contributed by atoms with Crippen LogP contribution in [0.2, 0.25) is 5.02 Å². The Morgan fingerprint density at radius 2 is 2.24 bits per heavy atom. The van der Waals surface area contributed by atoms with Crippen LogP contribution in [0.3, 0.4) is 0 Å². The molecular formula is C12H13ClIN3. The Hall–Kier alpha value is -0.590. The Balaban J connectivity index is 2.24. The average Bonchev–Trinajstić information content (AvgIpc) is 2.75. The molecule has 1 aromatic carbocycles. The Morgan fingerprint density at radius 1 is 1.41 bits per heavy atom. The first-order chi connectivity index (χ1) is 8.20. The number of halogens is 2. The van der Waals surface area contributed by atoms with E-state index in [1.165, 1.54) is 0 Å². The molecule has 0 saturated carbocycles. The number of benzene rings is 1. The van der Waals surface area contributed by atoms with Gasteiger partial charge in [-0.3, -0.25) is 0 Å². The van der Waals surface area contributed by atoms with E-state index in [-0.39, 0.29) is 0 Å². The minimum atomic E-state index is 0.718. The van der Waals surface area contributed by atoms with Crippen LogP contribution in [0.1, 0.15) is 12.6 Å². The second-order valence-electron chi connectivity index (χ2n) is 3.63. The van der Waals surface area contributed by atoms with Gasteiger partial charge in [-0.15, -0.1) is 0 Å². The summed E-state index contributed by atoms with van der Waals surface area (Å²) < 4.78 is 2.93. The fourth-order valence-corrected chi connectivity index (χ4v) is 2.45. The van der Waals surface area contributed by atoms with Crippen molar-refractivity contribution in [1.29, 1.82) is 0 Å². The van der Waals surface area contributed by atoms with Crippen molar-refractivity contribution in [2.24, 2.45) is 0 Å². The zero-order chi connectivity index (χ0) is 12.3. The Morgan fingerprint density at radius 3 is 2.94 bits per heavy atom. The van der Waals surface area contributed by atoms with Crippen molar-refractivity contribution in [3.8, 4) is 5.69 Å². The van der Waals surface area contributed by atoms with Gasteiger partial charge < -0.3 is 5.32 Å². The molecule has 5 heteroatoms. The quantitative estimate of drug-likeness (QED) is 0.847. The summed E-state index contributed by atoms with van der Waals surface area (Å²) in [7, 11) is 0. The monoisotopic (exact) mass is 361 g/mol. The van der Waals surface area contributed by atoms with Gasteiger partial charge >= 0.3 is 0 Å². The maximum Gasteiger partial charge on any atom is 0.0832 e. The van der Waals surface area contributed by atoms with E-state index in [4.69, 9.17) is 11.6 Å². The smallest absolute Gasteiger partial charge is 0.0832 e. The van der Waals surface area contributed by atoms with E-state index in [0.29, 0.717) is 0 Å². The zero-order valence-electron chi connectivity index (χ0n) is 9.45. The Labute approximate surface area is 119 Å². The van der Waals surface area contributed by atoms with E-state index in [0.717, 1.165) is 33.1 Å². The molecule has 0 aliphatic heterocycles. The van der Waals surface area contributed by atoms with Crippen molar-refractivity contribution < 1.29 is 0 Å². The highest BCUT2D eigenvalue weighted by molar-refractivity contribution is 14.1. The standard InChI is InChI=1S/C12H13ClIN3/c1-2-15-8-10-5-6-17(16-10)12-4-3-9(14)7-11(12)13/h3-7,15H,2,8H2,1H3. The summed E-state index contributed by atoms with van der Waals surface area (Å²) in [5.41, 5.74) is 1.93. The molecule has 0 unspecified atom stereocenters. The summed E-state index contributed by atoms with van der Waals surface area (Å²) in [4.78, 5) is 0. The fraction of sp³-hybridized carbons (Fsp3) is 0.250. The van der Waals surface area contributed by atoms with Gasteiger partial charge in [0, 0.05) is 16.3 Å². The summed E-state index contributed by atoms with van der Waals surface area (Å²) in [6.07, 6.45) is 1.93. The van der Waals surface area contributed by atoms with Crippen LogP contribution in [-0.2, 0) is 6.54 Å². The van der Waals surface area contributed by atoms with Crippen molar-refractivity contribution in [2.45, 2.75) is 13.5 Å². The molecule has 0 atom stereocenters. The fourth-order valence-electron chi connectivity index (χ4n) is 1.51. The lowest BCUT2D eigenvalue weighted by atomic mass is 10.3. The van der Waals surface area contributed by atoms with Crippen LogP contribution >= 0.6 is 34.2 Å². The number of nitrogens with one attached hydrogen (secondary N) is 1. The van der Waals surface area contributed by atoms with Gasteiger partial charge in [0.05, 0.1) is 16.4 Å². The van der Waals surface area contributed by atoms with Crippen molar-refractivity contribution in [1.82, 2.24) is 15.1 Å². The maximum atomic E-state index is 6.20. The molecule has 0 amide bonds. The molecule has 0 aliphatic carbocycles. The Kier molecular flexibility index (Phi) is 4.42. The van der Waals surface area contributed by atoms with Gasteiger partial charge in [0.25, 0.3) is 0 Å². The molecule has 0 saturated heterocycles. The topological polar surface area (TPSA) is 29.9 Å². The third-order valence-corrected chi connectivity index (χ3v) is 3.33. The van der Waals surface area contributed by atoms with Crippen LogP contribution < -0.4 is 5.32 Å². The van der Waals surface area contributed by atoms with E-state index < -0.39 is 0 Å². The largest absolute Gasteiger partial charge is 0.311 e. The second-order valence-corrected chi connectivity index (χ2v) is 5.28. The van der Waals surface area contributed by atoms with E-state index >= 15 is 0 Å². The summed E-state index contributed by atoms with van der Waals surface area (Å²) in [5, 5.41) is 8.44. The zero-order valence-corrected chi connectivity index (χ0v) is 12.4. The molecule has 0 aliphatic rings. The van der Waals surface area contributed by atoms with Crippen molar-refractivity contribution >= 4 is 34.2 Å². The minimum Gasteiger partial charge on any atom is -0.311 e. The molecule has 0 fully saturated rings. The number of nitrogens with zero attached hydrogens (tertiary/aromatic N) is 2. The number of rotatable bonds is 4. The van der Waals surface area contributed by atoms with Gasteiger partial charge in [-0.1, -0.05) is 18.5 Å². The van der Waals surface area contributed by atoms with E-state index in [2.05, 4.69) is 39.9 Å². The van der Waals surface area contributed by atoms with Crippen LogP contribution in [0.4, 0.5) is 0 Å². The van der Waals surface area contributed by atoms with Crippen LogP contribution in [0.15, 0.2) is 30.5 Å². The molecule has 1 heterocycles. The molecule has 1 N–H and O–H groups in total. The molecule has 1 aromatic heterocycles. The van der Waals surface area contributed by atoms with Gasteiger partial charge in [-0.25, -0.2) is 4.68 Å². The molecule has 90 valence electrons. The molecule has 0 radical (unpaired) electrons. The molecule has 3 nitrogen and oxygen atoms in total. The van der Waals surface area contributed by atoms with Crippen LogP contribution in [0.25, 0.3) is 5.69 Å². The van der Waals surface area contributed by atoms with E-state index in [1.807, 2.05) is 35.1 Å². The van der Waals surface area contributed by atoms with Crippen LogP contribution in [0.5, 0.6) is 0 Å². The van der Waals surface area contributed by atoms with Crippen molar-refractivity contribution in [2.75, 3.05) is 6.54 Å². The van der Waals surface area contributed by atoms with Gasteiger partial charge in [-0.2, -0.15) is 5.10 Å². The summed E-state index contributed by atoms with van der Waals surface area (Å²) in [5.74, 6) is 0. The first-order valence-corrected chi connectivity index (χ1v) is 6.87. The highest BCUT2D eigenvalue weighted by Crippen LogP contribution is 2.22. The first-order valence-electron chi connectivity index (χ1n) is 5.41. The predicted octanol–water partition coefficient (Wildman–Crippen LogP) is 3.24. The van der Waals surface area contributed by atoms with Gasteiger partial charge in [-0.05, 0) is 53.4 Å². The predicted molar refractivity (Wildman–Crippen MR) is 78.7 cm³/mol. The minimum absolute atomic E-state index is 0.718. The molecule has 17 heavy (non-hydrogen) atoms. The van der Waals surface area contributed by atoms with Crippen LogP contribution in [-0.4, -0.2) is 16.3 Å². The number of hydrogen-bond donors (Lipinski definition) is 1. The highest BCUT2D eigenvalue weighted by Gasteiger charge is 2.05. The Bertz CT molecular complexity index is 510. The van der Waals surface area contributed by atoms with E-state index in [9.17, 15) is 0 Å². The third-order valence-electron chi connectivity index (χ3n) is 2.36. The van der Waals surface area contributed by atoms with Crippen molar-refractivity contribution in [3.63, 3.8) is 0 Å². The molecule has 2 rings (SSSR count). The van der Waals surface area contributed by atoms with E-state index in [1.54, 1.807) is 0 Å².